The first kappa shape index (κ1) is 15.0. The molecule has 1 amide bonds. The normalized spacial score (nSPS) is 22.6. The van der Waals surface area contributed by atoms with Crippen LogP contribution in [0.4, 0.5) is 0 Å². The highest BCUT2D eigenvalue weighted by molar-refractivity contribution is 9.10. The lowest BCUT2D eigenvalue weighted by Gasteiger charge is -2.36. The molecule has 0 aliphatic carbocycles. The number of benzene rings is 1. The van der Waals surface area contributed by atoms with Crippen molar-refractivity contribution in [2.24, 2.45) is 5.92 Å². The molecule has 1 aromatic carbocycles. The Morgan fingerprint density at radius 1 is 1.40 bits per heavy atom. The first-order valence-electron chi connectivity index (χ1n) is 6.70. The van der Waals surface area contributed by atoms with Crippen LogP contribution in [0.3, 0.4) is 0 Å². The number of carbonyl (C=O) groups excluding carboxylic acids is 1. The number of amides is 1. The Morgan fingerprint density at radius 2 is 2.10 bits per heavy atom. The number of carboxylic acids is 1. The van der Waals surface area contributed by atoms with E-state index in [0.717, 1.165) is 10.0 Å². The maximum Gasteiger partial charge on any atom is 0.306 e. The van der Waals surface area contributed by atoms with Crippen molar-refractivity contribution in [1.29, 1.82) is 0 Å². The van der Waals surface area contributed by atoms with E-state index in [1.54, 1.807) is 4.90 Å². The number of hydrogen-bond donors (Lipinski definition) is 1. The van der Waals surface area contributed by atoms with Gasteiger partial charge in [0.2, 0.25) is 0 Å². The predicted molar refractivity (Wildman–Crippen MR) is 79.7 cm³/mol. The molecule has 2 atom stereocenters. The average Bonchev–Trinajstić information content (AvgIpc) is 2.37. The quantitative estimate of drug-likeness (QED) is 0.900. The monoisotopic (exact) mass is 339 g/mol. The molecule has 1 aliphatic heterocycles. The molecule has 0 aromatic heterocycles. The zero-order valence-electron chi connectivity index (χ0n) is 11.6. The molecule has 4 nitrogen and oxygen atoms in total. The summed E-state index contributed by atoms with van der Waals surface area (Å²) in [5, 5.41) is 9.06. The van der Waals surface area contributed by atoms with Crippen LogP contribution in [0.25, 0.3) is 0 Å². The van der Waals surface area contributed by atoms with E-state index in [1.807, 2.05) is 32.0 Å². The summed E-state index contributed by atoms with van der Waals surface area (Å²) in [4.78, 5) is 25.4. The van der Waals surface area contributed by atoms with Crippen molar-refractivity contribution < 1.29 is 14.7 Å². The van der Waals surface area contributed by atoms with Gasteiger partial charge in [0.1, 0.15) is 0 Å². The summed E-state index contributed by atoms with van der Waals surface area (Å²) in [6.45, 7) is 4.38. The predicted octanol–water partition coefficient (Wildman–Crippen LogP) is 3.08. The van der Waals surface area contributed by atoms with Gasteiger partial charge < -0.3 is 10.0 Å². The number of aliphatic carboxylic acids is 1. The molecule has 108 valence electrons. The molecule has 0 bridgehead atoms. The van der Waals surface area contributed by atoms with E-state index < -0.39 is 5.97 Å². The summed E-state index contributed by atoms with van der Waals surface area (Å²) in [6, 6.07) is 5.59. The third kappa shape index (κ3) is 3.03. The van der Waals surface area contributed by atoms with Gasteiger partial charge in [-0.2, -0.15) is 0 Å². The standard InChI is InChI=1S/C15H18BrNO3/c1-9-3-4-12(13(16)7-9)14(18)17-6-5-11(15(19)20)8-10(17)2/h3-4,7,10-11H,5-6,8H2,1-2H3,(H,19,20). The molecule has 0 spiro atoms. The molecule has 1 heterocycles. The number of rotatable bonds is 2. The van der Waals surface area contributed by atoms with Crippen LogP contribution < -0.4 is 0 Å². The molecule has 20 heavy (non-hydrogen) atoms. The molecule has 1 saturated heterocycles. The number of nitrogens with zero attached hydrogens (tertiary/aromatic N) is 1. The number of aryl methyl sites for hydroxylation is 1. The summed E-state index contributed by atoms with van der Waals surface area (Å²) in [5.74, 6) is -1.14. The molecule has 2 rings (SSSR count). The minimum Gasteiger partial charge on any atom is -0.481 e. The number of carbonyl (C=O) groups is 2. The molecule has 1 N–H and O–H groups in total. The van der Waals surface area contributed by atoms with Gasteiger partial charge in [0.05, 0.1) is 11.5 Å². The van der Waals surface area contributed by atoms with Crippen LogP contribution in [0.5, 0.6) is 0 Å². The summed E-state index contributed by atoms with van der Waals surface area (Å²) in [5.41, 5.74) is 1.72. The lowest BCUT2D eigenvalue weighted by Crippen LogP contribution is -2.46. The van der Waals surface area contributed by atoms with Crippen molar-refractivity contribution >= 4 is 27.8 Å². The van der Waals surface area contributed by atoms with Gasteiger partial charge in [-0.1, -0.05) is 6.07 Å². The Bertz CT molecular complexity index is 544. The first-order valence-corrected chi connectivity index (χ1v) is 7.49. The van der Waals surface area contributed by atoms with E-state index in [0.29, 0.717) is 24.9 Å². The van der Waals surface area contributed by atoms with Crippen LogP contribution in [-0.4, -0.2) is 34.5 Å². The van der Waals surface area contributed by atoms with Crippen molar-refractivity contribution in [2.75, 3.05) is 6.54 Å². The molecule has 0 radical (unpaired) electrons. The fourth-order valence-electron chi connectivity index (χ4n) is 2.65. The highest BCUT2D eigenvalue weighted by Gasteiger charge is 2.33. The zero-order chi connectivity index (χ0) is 14.9. The second kappa shape index (κ2) is 5.95. The van der Waals surface area contributed by atoms with Gasteiger partial charge in [0.15, 0.2) is 0 Å². The van der Waals surface area contributed by atoms with Crippen LogP contribution >= 0.6 is 15.9 Å². The second-order valence-electron chi connectivity index (χ2n) is 5.39. The van der Waals surface area contributed by atoms with E-state index >= 15 is 0 Å². The lowest BCUT2D eigenvalue weighted by molar-refractivity contribution is -0.143. The smallest absolute Gasteiger partial charge is 0.306 e. The zero-order valence-corrected chi connectivity index (χ0v) is 13.2. The maximum absolute atomic E-state index is 12.6. The minimum absolute atomic E-state index is 0.0341. The van der Waals surface area contributed by atoms with Gasteiger partial charge >= 0.3 is 5.97 Å². The summed E-state index contributed by atoms with van der Waals surface area (Å²) in [6.07, 6.45) is 1.04. The Labute approximate surface area is 126 Å². The molecule has 1 aromatic rings. The van der Waals surface area contributed by atoms with Gasteiger partial charge in [-0.15, -0.1) is 0 Å². The highest BCUT2D eigenvalue weighted by atomic mass is 79.9. The molecule has 5 heteroatoms. The van der Waals surface area contributed by atoms with Crippen molar-refractivity contribution in [3.8, 4) is 0 Å². The van der Waals surface area contributed by atoms with E-state index in [9.17, 15) is 9.59 Å². The summed E-state index contributed by atoms with van der Waals surface area (Å²) in [7, 11) is 0. The van der Waals surface area contributed by atoms with Gasteiger partial charge in [0, 0.05) is 17.1 Å². The molecule has 1 aliphatic rings. The Kier molecular flexibility index (Phi) is 4.48. The summed E-state index contributed by atoms with van der Waals surface area (Å²) >= 11 is 3.43. The second-order valence-corrected chi connectivity index (χ2v) is 6.24. The molecule has 0 saturated carbocycles. The lowest BCUT2D eigenvalue weighted by atomic mass is 9.91. The molecular formula is C15H18BrNO3. The Hall–Kier alpha value is -1.36. The average molecular weight is 340 g/mol. The van der Waals surface area contributed by atoms with E-state index in [-0.39, 0.29) is 17.9 Å². The van der Waals surface area contributed by atoms with Crippen molar-refractivity contribution in [1.82, 2.24) is 4.90 Å². The number of likely N-dealkylation sites (tertiary alicyclic amines) is 1. The van der Waals surface area contributed by atoms with Gasteiger partial charge in [-0.25, -0.2) is 0 Å². The fourth-order valence-corrected chi connectivity index (χ4v) is 3.31. The van der Waals surface area contributed by atoms with Crippen molar-refractivity contribution in [2.45, 2.75) is 32.7 Å². The molecule has 2 unspecified atom stereocenters. The van der Waals surface area contributed by atoms with Crippen molar-refractivity contribution in [3.05, 3.63) is 33.8 Å². The first-order chi connectivity index (χ1) is 9.40. The van der Waals surface area contributed by atoms with Gasteiger partial charge in [0.25, 0.3) is 5.91 Å². The third-order valence-corrected chi connectivity index (χ3v) is 4.50. The van der Waals surface area contributed by atoms with Crippen LogP contribution in [0.15, 0.2) is 22.7 Å². The van der Waals surface area contributed by atoms with Crippen LogP contribution in [0.2, 0.25) is 0 Å². The highest BCUT2D eigenvalue weighted by Crippen LogP contribution is 2.27. The van der Waals surface area contributed by atoms with Crippen molar-refractivity contribution in [3.63, 3.8) is 0 Å². The number of piperidine rings is 1. The van der Waals surface area contributed by atoms with E-state index in [2.05, 4.69) is 15.9 Å². The molecular weight excluding hydrogens is 322 g/mol. The Morgan fingerprint density at radius 3 is 2.65 bits per heavy atom. The van der Waals surface area contributed by atoms with E-state index in [1.165, 1.54) is 0 Å². The van der Waals surface area contributed by atoms with Crippen LogP contribution in [0, 0.1) is 12.8 Å². The minimum atomic E-state index is -0.763. The van der Waals surface area contributed by atoms with Gasteiger partial charge in [-0.05, 0) is 60.3 Å². The topological polar surface area (TPSA) is 57.6 Å². The van der Waals surface area contributed by atoms with Gasteiger partial charge in [-0.3, -0.25) is 9.59 Å². The van der Waals surface area contributed by atoms with E-state index in [4.69, 9.17) is 5.11 Å². The van der Waals surface area contributed by atoms with Crippen LogP contribution in [-0.2, 0) is 4.79 Å². The Balaban J connectivity index is 2.16. The summed E-state index contributed by atoms with van der Waals surface area (Å²) < 4.78 is 0.787. The number of halogens is 1. The number of hydrogen-bond acceptors (Lipinski definition) is 2. The van der Waals surface area contributed by atoms with Crippen LogP contribution in [0.1, 0.15) is 35.7 Å². The fraction of sp³-hybridized carbons (Fsp3) is 0.467. The largest absolute Gasteiger partial charge is 0.481 e. The SMILES string of the molecule is Cc1ccc(C(=O)N2CCC(C(=O)O)CC2C)c(Br)c1. The number of carboxylic acid groups (broad SMARTS) is 1. The molecule has 1 fully saturated rings. The third-order valence-electron chi connectivity index (χ3n) is 3.84. The maximum atomic E-state index is 12.6.